The second-order valence-corrected chi connectivity index (χ2v) is 4.88. The Morgan fingerprint density at radius 2 is 2.00 bits per heavy atom. The van der Waals surface area contributed by atoms with Gasteiger partial charge in [-0.1, -0.05) is 32.9 Å². The van der Waals surface area contributed by atoms with Crippen LogP contribution in [0.3, 0.4) is 0 Å². The van der Waals surface area contributed by atoms with Crippen molar-refractivity contribution >= 4 is 17.0 Å². The number of hydrogen-bond acceptors (Lipinski definition) is 1. The Kier molecular flexibility index (Phi) is 3.29. The van der Waals surface area contributed by atoms with Crippen LogP contribution >= 0.6 is 0 Å². The molecule has 0 aliphatic rings. The summed E-state index contributed by atoms with van der Waals surface area (Å²) in [7, 11) is 0. The van der Waals surface area contributed by atoms with Gasteiger partial charge in [0.05, 0.1) is 0 Å². The van der Waals surface area contributed by atoms with E-state index in [-0.39, 0.29) is 5.41 Å². The van der Waals surface area contributed by atoms with E-state index in [4.69, 9.17) is 4.55 Å². The minimum atomic E-state index is -2.00. The first-order chi connectivity index (χ1) is 6.39. The van der Waals surface area contributed by atoms with Crippen molar-refractivity contribution < 1.29 is 8.76 Å². The molecule has 1 rings (SSSR count). The van der Waals surface area contributed by atoms with Crippen molar-refractivity contribution in [2.24, 2.45) is 0 Å². The standard InChI is InChI=1S/C10H15NO2S/c1-10(2,3)8-5-4-6-9(7-8)11-14(12)13/h4-7,11H,1-3H3,(H,12,13). The van der Waals surface area contributed by atoms with E-state index in [9.17, 15) is 4.21 Å². The quantitative estimate of drug-likeness (QED) is 0.742. The van der Waals surface area contributed by atoms with Crippen LogP contribution in [0.1, 0.15) is 26.3 Å². The summed E-state index contributed by atoms with van der Waals surface area (Å²) in [6.07, 6.45) is 0. The molecule has 0 saturated carbocycles. The van der Waals surface area contributed by atoms with E-state index >= 15 is 0 Å². The van der Waals surface area contributed by atoms with E-state index < -0.39 is 11.3 Å². The number of hydrogen-bond donors (Lipinski definition) is 2. The van der Waals surface area contributed by atoms with Crippen LogP contribution in [0.2, 0.25) is 0 Å². The highest BCUT2D eigenvalue weighted by Crippen LogP contribution is 2.24. The Hall–Kier alpha value is -0.870. The van der Waals surface area contributed by atoms with Crippen molar-refractivity contribution in [3.05, 3.63) is 29.8 Å². The molecule has 0 saturated heterocycles. The molecule has 0 bridgehead atoms. The molecule has 4 heteroatoms. The Morgan fingerprint density at radius 3 is 2.50 bits per heavy atom. The lowest BCUT2D eigenvalue weighted by molar-refractivity contribution is 0.570. The first-order valence-corrected chi connectivity index (χ1v) is 5.48. The van der Waals surface area contributed by atoms with Gasteiger partial charge in [0, 0.05) is 5.69 Å². The monoisotopic (exact) mass is 213 g/mol. The molecule has 0 aromatic heterocycles. The molecule has 0 radical (unpaired) electrons. The third-order valence-electron chi connectivity index (χ3n) is 1.93. The fourth-order valence-electron chi connectivity index (χ4n) is 1.15. The highest BCUT2D eigenvalue weighted by atomic mass is 32.2. The smallest absolute Gasteiger partial charge is 0.259 e. The number of nitrogens with one attached hydrogen (secondary N) is 1. The number of benzene rings is 1. The van der Waals surface area contributed by atoms with Crippen LogP contribution in [0.15, 0.2) is 24.3 Å². The Balaban J connectivity index is 2.95. The predicted molar refractivity (Wildman–Crippen MR) is 59.5 cm³/mol. The van der Waals surface area contributed by atoms with Gasteiger partial charge in [0.25, 0.3) is 11.3 Å². The molecule has 1 aromatic carbocycles. The van der Waals surface area contributed by atoms with Crippen LogP contribution in [-0.4, -0.2) is 8.76 Å². The average Bonchev–Trinajstić information content (AvgIpc) is 2.01. The second kappa shape index (κ2) is 4.11. The van der Waals surface area contributed by atoms with E-state index in [1.807, 2.05) is 18.2 Å². The summed E-state index contributed by atoms with van der Waals surface area (Å²) in [6.45, 7) is 6.30. The van der Waals surface area contributed by atoms with Gasteiger partial charge in [-0.3, -0.25) is 9.27 Å². The second-order valence-electron chi connectivity index (χ2n) is 4.18. The average molecular weight is 213 g/mol. The van der Waals surface area contributed by atoms with Crippen molar-refractivity contribution in [2.75, 3.05) is 4.72 Å². The summed E-state index contributed by atoms with van der Waals surface area (Å²) in [5, 5.41) is 0. The van der Waals surface area contributed by atoms with E-state index in [0.29, 0.717) is 5.69 Å². The molecular formula is C10H15NO2S. The normalized spacial score (nSPS) is 13.7. The van der Waals surface area contributed by atoms with Gasteiger partial charge in [-0.05, 0) is 23.1 Å². The maximum Gasteiger partial charge on any atom is 0.259 e. The topological polar surface area (TPSA) is 49.3 Å². The summed E-state index contributed by atoms with van der Waals surface area (Å²) in [6, 6.07) is 7.53. The first kappa shape index (κ1) is 11.2. The zero-order valence-corrected chi connectivity index (χ0v) is 9.39. The molecule has 3 nitrogen and oxygen atoms in total. The molecule has 0 aliphatic heterocycles. The lowest BCUT2D eigenvalue weighted by Crippen LogP contribution is -2.11. The fourth-order valence-corrected chi connectivity index (χ4v) is 1.48. The zero-order chi connectivity index (χ0) is 10.8. The van der Waals surface area contributed by atoms with Crippen LogP contribution in [0.4, 0.5) is 5.69 Å². The summed E-state index contributed by atoms with van der Waals surface area (Å²) in [5.74, 6) is 0. The Morgan fingerprint density at radius 1 is 1.36 bits per heavy atom. The molecule has 1 unspecified atom stereocenters. The van der Waals surface area contributed by atoms with Crippen molar-refractivity contribution in [1.29, 1.82) is 0 Å². The van der Waals surface area contributed by atoms with Gasteiger partial charge in [0.2, 0.25) is 0 Å². The lowest BCUT2D eigenvalue weighted by atomic mass is 9.87. The summed E-state index contributed by atoms with van der Waals surface area (Å²) < 4.78 is 21.6. The highest BCUT2D eigenvalue weighted by molar-refractivity contribution is 7.80. The van der Waals surface area contributed by atoms with Gasteiger partial charge >= 0.3 is 0 Å². The molecule has 0 spiro atoms. The maximum absolute atomic E-state index is 10.5. The molecule has 14 heavy (non-hydrogen) atoms. The zero-order valence-electron chi connectivity index (χ0n) is 8.57. The summed E-state index contributed by atoms with van der Waals surface area (Å²) >= 11 is -2.00. The predicted octanol–water partition coefficient (Wildman–Crippen LogP) is 2.53. The van der Waals surface area contributed by atoms with Crippen LogP contribution < -0.4 is 4.72 Å². The SMILES string of the molecule is CC(C)(C)c1cccc(NS(=O)O)c1. The van der Waals surface area contributed by atoms with Crippen LogP contribution in [0, 0.1) is 0 Å². The third-order valence-corrected chi connectivity index (χ3v) is 2.34. The first-order valence-electron chi connectivity index (χ1n) is 4.37. The van der Waals surface area contributed by atoms with Gasteiger partial charge in [0.15, 0.2) is 0 Å². The molecule has 0 amide bonds. The highest BCUT2D eigenvalue weighted by Gasteiger charge is 2.13. The molecule has 0 fully saturated rings. The molecule has 1 aromatic rings. The van der Waals surface area contributed by atoms with E-state index in [1.54, 1.807) is 6.07 Å². The molecule has 1 atom stereocenters. The largest absolute Gasteiger partial charge is 0.289 e. The number of anilines is 1. The Labute approximate surface area is 87.0 Å². The lowest BCUT2D eigenvalue weighted by Gasteiger charge is -2.19. The van der Waals surface area contributed by atoms with Gasteiger partial charge in [-0.2, -0.15) is 0 Å². The summed E-state index contributed by atoms with van der Waals surface area (Å²) in [4.78, 5) is 0. The molecule has 0 aliphatic carbocycles. The van der Waals surface area contributed by atoms with E-state index in [0.717, 1.165) is 5.56 Å². The van der Waals surface area contributed by atoms with Crippen molar-refractivity contribution in [3.8, 4) is 0 Å². The van der Waals surface area contributed by atoms with Crippen LogP contribution in [0.25, 0.3) is 0 Å². The van der Waals surface area contributed by atoms with E-state index in [2.05, 4.69) is 25.5 Å². The molecule has 2 N–H and O–H groups in total. The van der Waals surface area contributed by atoms with E-state index in [1.165, 1.54) is 0 Å². The summed E-state index contributed by atoms with van der Waals surface area (Å²) in [5.41, 5.74) is 1.85. The van der Waals surface area contributed by atoms with Gasteiger partial charge in [-0.25, -0.2) is 4.21 Å². The number of rotatable bonds is 2. The van der Waals surface area contributed by atoms with Crippen molar-refractivity contribution in [2.45, 2.75) is 26.2 Å². The molecule has 78 valence electrons. The van der Waals surface area contributed by atoms with Gasteiger partial charge in [0.1, 0.15) is 0 Å². The minimum Gasteiger partial charge on any atom is -0.289 e. The van der Waals surface area contributed by atoms with Crippen LogP contribution in [0.5, 0.6) is 0 Å². The molecule has 0 heterocycles. The fraction of sp³-hybridized carbons (Fsp3) is 0.400. The Bertz CT molecular complexity index is 344. The molecular weight excluding hydrogens is 198 g/mol. The van der Waals surface area contributed by atoms with Crippen molar-refractivity contribution in [3.63, 3.8) is 0 Å². The van der Waals surface area contributed by atoms with Crippen LogP contribution in [-0.2, 0) is 16.7 Å². The maximum atomic E-state index is 10.5. The van der Waals surface area contributed by atoms with Gasteiger partial charge in [-0.15, -0.1) is 0 Å². The minimum absolute atomic E-state index is 0.0502. The third kappa shape index (κ3) is 3.12. The van der Waals surface area contributed by atoms with Gasteiger partial charge < -0.3 is 0 Å². The van der Waals surface area contributed by atoms with Crippen molar-refractivity contribution in [1.82, 2.24) is 0 Å².